The number of hydrogen-bond acceptors (Lipinski definition) is 18. The second-order valence-electron chi connectivity index (χ2n) is 15.2. The van der Waals surface area contributed by atoms with Crippen molar-refractivity contribution in [3.05, 3.63) is 175 Å². The fourth-order valence-corrected chi connectivity index (χ4v) is 8.31. The lowest BCUT2D eigenvalue weighted by Crippen LogP contribution is -2.33. The first-order valence-corrected chi connectivity index (χ1v) is 25.4. The number of aliphatic imine (C=N–C) groups is 1. The van der Waals surface area contributed by atoms with Crippen molar-refractivity contribution >= 4 is 126 Å². The molecule has 1 unspecified atom stereocenters. The van der Waals surface area contributed by atoms with Gasteiger partial charge in [-0.15, -0.1) is 0 Å². The van der Waals surface area contributed by atoms with Gasteiger partial charge in [-0.05, 0) is 102 Å². The van der Waals surface area contributed by atoms with E-state index in [0.717, 1.165) is 37.4 Å². The Morgan fingerprint density at radius 2 is 1.13 bits per heavy atom. The molecule has 10 rings (SSSR count). The van der Waals surface area contributed by atoms with Gasteiger partial charge in [0.25, 0.3) is 0 Å². The number of benzene rings is 3. The van der Waals surface area contributed by atoms with Gasteiger partial charge in [-0.2, -0.15) is 0 Å². The highest BCUT2D eigenvalue weighted by Crippen LogP contribution is 2.31. The molecule has 0 saturated carbocycles. The van der Waals surface area contributed by atoms with Crippen LogP contribution in [-0.2, 0) is 9.68 Å². The number of aromatic nitrogens is 3. The van der Waals surface area contributed by atoms with E-state index in [9.17, 15) is 9.59 Å². The molecule has 75 heavy (non-hydrogen) atoms. The van der Waals surface area contributed by atoms with Gasteiger partial charge in [-0.3, -0.25) is 19.4 Å². The Hall–Kier alpha value is -7.64. The third-order valence-corrected chi connectivity index (χ3v) is 12.8. The molecule has 9 aromatic rings. The Morgan fingerprint density at radius 3 is 1.68 bits per heavy atom. The summed E-state index contributed by atoms with van der Waals surface area (Å²) in [5.74, 6) is 1.59. The molecular weight excluding hydrogens is 1230 g/mol. The number of ether oxygens (including phenoxy) is 3. The predicted octanol–water partition coefficient (Wildman–Crippen LogP) is 10.7. The minimum absolute atomic E-state index is 0.0376. The molecule has 0 spiro atoms. The molecule has 0 fully saturated rings. The molecule has 1 aliphatic rings. The van der Waals surface area contributed by atoms with Crippen LogP contribution in [-0.4, -0.2) is 89.1 Å². The first-order valence-electron chi connectivity index (χ1n) is 21.9. The molecule has 386 valence electrons. The largest absolute Gasteiger partial charge is 0.480 e. The highest BCUT2D eigenvalue weighted by atomic mass is 79.9. The zero-order valence-corrected chi connectivity index (χ0v) is 46.0. The number of nitrogens with one attached hydrogen (secondary N) is 1. The van der Waals surface area contributed by atoms with Crippen molar-refractivity contribution in [3.63, 3.8) is 0 Å². The second-order valence-corrected chi connectivity index (χ2v) is 18.3. The first-order chi connectivity index (χ1) is 36.4. The van der Waals surface area contributed by atoms with Gasteiger partial charge in [-0.25, -0.2) is 20.4 Å². The summed E-state index contributed by atoms with van der Waals surface area (Å²) < 4.78 is 33.6. The number of ketones is 2. The molecule has 3 aromatic carbocycles. The van der Waals surface area contributed by atoms with E-state index in [4.69, 9.17) is 58.8 Å². The van der Waals surface area contributed by atoms with Gasteiger partial charge in [0.1, 0.15) is 59.0 Å². The maximum absolute atomic E-state index is 12.2. The second kappa shape index (κ2) is 26.5. The van der Waals surface area contributed by atoms with Crippen molar-refractivity contribution in [1.29, 1.82) is 0 Å². The number of hydrogen-bond donors (Lipinski definition) is 4. The normalized spacial score (nSPS) is 13.2. The number of halogens is 4. The number of para-hydroxylation sites is 3. The number of carbonyl (C=O) groups excluding carboxylic acids is 2. The van der Waals surface area contributed by atoms with E-state index in [-0.39, 0.29) is 35.9 Å². The van der Waals surface area contributed by atoms with Gasteiger partial charge < -0.3 is 49.0 Å². The quantitative estimate of drug-likeness (QED) is 0.0208. The monoisotopic (exact) mass is 1270 g/mol. The summed E-state index contributed by atoms with van der Waals surface area (Å²) in [5, 5.41) is 17.9. The predicted molar refractivity (Wildman–Crippen MR) is 294 cm³/mol. The number of methoxy groups -OCH3 is 3. The van der Waals surface area contributed by atoms with Gasteiger partial charge in [0.05, 0.1) is 57.5 Å². The minimum Gasteiger partial charge on any atom is -0.480 e. The molecule has 0 radical (unpaired) electrons. The van der Waals surface area contributed by atoms with Crippen LogP contribution in [0.15, 0.2) is 170 Å². The Labute approximate surface area is 460 Å². The van der Waals surface area contributed by atoms with E-state index in [1.54, 1.807) is 43.7 Å². The van der Waals surface area contributed by atoms with Gasteiger partial charge in [0.2, 0.25) is 23.4 Å². The van der Waals surface area contributed by atoms with E-state index in [0.29, 0.717) is 78.1 Å². The zero-order valence-electron chi connectivity index (χ0n) is 39.7. The third kappa shape index (κ3) is 13.8. The van der Waals surface area contributed by atoms with Crippen LogP contribution in [0.4, 0.5) is 0 Å². The number of oxime groups is 2. The van der Waals surface area contributed by atoms with Crippen molar-refractivity contribution < 1.29 is 51.9 Å². The number of amidine groups is 3. The number of nitrogens with zero attached hydrogens (tertiary/aromatic N) is 6. The van der Waals surface area contributed by atoms with E-state index < -0.39 is 0 Å². The third-order valence-electron chi connectivity index (χ3n) is 10.5. The van der Waals surface area contributed by atoms with E-state index >= 15 is 0 Å². The molecule has 0 amide bonds. The number of Topliss-reactive ketones (excluding diaryl/α,β-unsaturated/α-hetero) is 2. The molecule has 24 heteroatoms. The fraction of sp³-hybridized carbons (Fsp3) is 0.137. The minimum atomic E-state index is -0.266. The lowest BCUT2D eigenvalue weighted by molar-refractivity contribution is 0.0621. The summed E-state index contributed by atoms with van der Waals surface area (Å²) in [5.41, 5.74) is 19.7. The van der Waals surface area contributed by atoms with Crippen molar-refractivity contribution in [1.82, 2.24) is 20.4 Å². The Balaban J connectivity index is 0.000000152. The number of furan rings is 3. The standard InChI is InChI=1S/C17H14BrN3O4.C17H14BrN3O3.C10H7BrO2.C7H8BrN3O2/c1-23-17-12(18)6-7-13(20-17)16(19)21-25-9-14(22)11-8-24-15-5-3-2-4-10(11)15;1-22-17-12(18)6-7-13(20-17)16-19-14(9-24-21-16)11-8-23-15-5-3-2-4-10(11)15;11-5-9(12)8-6-13-10-4-2-1-3-7(8)10;1-13-7-4(8)2-3-5(10-7)6(9)11-12/h2-8H,9H2,1H3,(H2,19,21);2-8,14H,9H2,1H3,(H,19,21);1-4,6H,5H2;2-3,12H,1H3,(H2,9,11). The molecule has 0 saturated heterocycles. The van der Waals surface area contributed by atoms with Crippen LogP contribution >= 0.6 is 63.7 Å². The van der Waals surface area contributed by atoms with Crippen LogP contribution < -0.4 is 31.2 Å². The number of rotatable bonds is 13. The lowest BCUT2D eigenvalue weighted by atomic mass is 10.1. The number of nitrogens with two attached hydrogens (primary N) is 2. The summed E-state index contributed by atoms with van der Waals surface area (Å²) >= 11 is 13.1. The molecule has 7 heterocycles. The number of fused-ring (bicyclic) bond motifs is 3. The number of pyridine rings is 3. The van der Waals surface area contributed by atoms with E-state index in [1.165, 1.54) is 26.7 Å². The Morgan fingerprint density at radius 1 is 0.653 bits per heavy atom. The topological polar surface area (TPSA) is 280 Å². The fourth-order valence-electron chi connectivity index (χ4n) is 6.86. The molecule has 0 bridgehead atoms. The molecule has 6 aromatic heterocycles. The van der Waals surface area contributed by atoms with Gasteiger partial charge >= 0.3 is 0 Å². The number of alkyl halides is 1. The molecule has 20 nitrogen and oxygen atoms in total. The van der Waals surface area contributed by atoms with Crippen LogP contribution in [0.5, 0.6) is 17.6 Å². The SMILES string of the molecule is COc1nc(/C(N)=N/O)ccc1Br.COc1nc(/C(N)=N/OCC(=O)c2coc3ccccc23)ccc1Br.COc1nc(C2=NC(c3coc4ccccc34)CON2)ccc1Br.O=C(CBr)c1coc2ccccc12. The van der Waals surface area contributed by atoms with Crippen LogP contribution in [0.25, 0.3) is 32.9 Å². The summed E-state index contributed by atoms with van der Waals surface area (Å²) in [4.78, 5) is 51.5. The van der Waals surface area contributed by atoms with E-state index in [1.807, 2.05) is 78.9 Å². The smallest absolute Gasteiger partial charge is 0.228 e. The Kier molecular flexibility index (Phi) is 19.5. The summed E-state index contributed by atoms with van der Waals surface area (Å²) in [6.07, 6.45) is 4.65. The first kappa shape index (κ1) is 55.1. The van der Waals surface area contributed by atoms with Crippen molar-refractivity contribution in [2.24, 2.45) is 26.8 Å². The maximum Gasteiger partial charge on any atom is 0.228 e. The highest BCUT2D eigenvalue weighted by Gasteiger charge is 2.23. The molecule has 0 aliphatic carbocycles. The van der Waals surface area contributed by atoms with Crippen LogP contribution in [0.1, 0.15) is 49.4 Å². The van der Waals surface area contributed by atoms with Gasteiger partial charge in [0.15, 0.2) is 29.9 Å². The highest BCUT2D eigenvalue weighted by molar-refractivity contribution is 9.11. The molecular formula is C51H43Br4N9O11. The van der Waals surface area contributed by atoms with Gasteiger partial charge in [-0.1, -0.05) is 80.8 Å². The van der Waals surface area contributed by atoms with Crippen LogP contribution in [0.3, 0.4) is 0 Å². The zero-order chi connectivity index (χ0) is 53.4. The Bertz CT molecular complexity index is 3550. The maximum atomic E-state index is 12.2. The lowest BCUT2D eigenvalue weighted by Gasteiger charge is -2.21. The summed E-state index contributed by atoms with van der Waals surface area (Å²) in [6, 6.07) is 32.9. The van der Waals surface area contributed by atoms with Crippen LogP contribution in [0.2, 0.25) is 0 Å². The van der Waals surface area contributed by atoms with E-state index in [2.05, 4.69) is 94.5 Å². The summed E-state index contributed by atoms with van der Waals surface area (Å²) in [7, 11) is 4.56. The molecule has 6 N–H and O–H groups in total. The molecule has 1 aliphatic heterocycles. The van der Waals surface area contributed by atoms with Crippen molar-refractivity contribution in [2.75, 3.05) is 39.9 Å². The number of carbonyl (C=O) groups is 2. The average Bonchev–Trinajstić information content (AvgIpc) is 4.21. The summed E-state index contributed by atoms with van der Waals surface area (Å²) in [6.45, 7) is 0.151. The average molecular weight is 1280 g/mol. The van der Waals surface area contributed by atoms with Crippen molar-refractivity contribution in [2.45, 2.75) is 6.04 Å². The van der Waals surface area contributed by atoms with Crippen molar-refractivity contribution in [3.8, 4) is 17.6 Å². The van der Waals surface area contributed by atoms with Crippen LogP contribution in [0, 0.1) is 0 Å². The molecule has 1 atom stereocenters. The van der Waals surface area contributed by atoms with Gasteiger partial charge in [0, 0.05) is 21.7 Å². The number of hydroxylamine groups is 1.